The second kappa shape index (κ2) is 9.68. The zero-order valence-electron chi connectivity index (χ0n) is 17.4. The molecule has 2 amide bonds. The van der Waals surface area contributed by atoms with E-state index < -0.39 is 24.5 Å². The molecule has 0 spiro atoms. The van der Waals surface area contributed by atoms with Crippen LogP contribution in [0, 0.1) is 12.3 Å². The summed E-state index contributed by atoms with van der Waals surface area (Å²) < 4.78 is 10.0. The predicted molar refractivity (Wildman–Crippen MR) is 107 cm³/mol. The zero-order valence-corrected chi connectivity index (χ0v) is 18.2. The Morgan fingerprint density at radius 2 is 1.71 bits per heavy atom. The fourth-order valence-electron chi connectivity index (χ4n) is 2.25. The number of anilines is 1. The summed E-state index contributed by atoms with van der Waals surface area (Å²) in [5, 5.41) is 2.75. The molecule has 0 aromatic carbocycles. The summed E-state index contributed by atoms with van der Waals surface area (Å²) in [7, 11) is 3.19. The summed E-state index contributed by atoms with van der Waals surface area (Å²) in [6.07, 6.45) is 0.175. The van der Waals surface area contributed by atoms with Gasteiger partial charge in [-0.05, 0) is 24.8 Å². The minimum absolute atomic E-state index is 0.131. The van der Waals surface area contributed by atoms with E-state index in [0.717, 1.165) is 11.3 Å². The summed E-state index contributed by atoms with van der Waals surface area (Å²) in [5.41, 5.74) is 0.310. The third-order valence-electron chi connectivity index (χ3n) is 3.52. The van der Waals surface area contributed by atoms with Crippen LogP contribution < -0.4 is 5.32 Å². The fourth-order valence-corrected chi connectivity index (χ4v) is 3.48. The van der Waals surface area contributed by atoms with Gasteiger partial charge >= 0.3 is 11.9 Å². The molecule has 1 rings (SSSR count). The van der Waals surface area contributed by atoms with E-state index in [1.807, 2.05) is 20.8 Å². The first-order chi connectivity index (χ1) is 12.9. The molecule has 28 heavy (non-hydrogen) atoms. The smallest absolute Gasteiger partial charge is 0.341 e. The van der Waals surface area contributed by atoms with Gasteiger partial charge in [-0.3, -0.25) is 14.4 Å². The van der Waals surface area contributed by atoms with Crippen molar-refractivity contribution >= 4 is 40.1 Å². The highest BCUT2D eigenvalue weighted by Gasteiger charge is 2.27. The van der Waals surface area contributed by atoms with Gasteiger partial charge in [-0.25, -0.2) is 4.79 Å². The first-order valence-corrected chi connectivity index (χ1v) is 9.66. The maximum Gasteiger partial charge on any atom is 0.341 e. The molecule has 0 bridgehead atoms. The highest BCUT2D eigenvalue weighted by Crippen LogP contribution is 2.34. The Bertz CT molecular complexity index is 761. The summed E-state index contributed by atoms with van der Waals surface area (Å²) >= 11 is 0.985. The Balaban J connectivity index is 3.00. The van der Waals surface area contributed by atoms with E-state index >= 15 is 0 Å². The van der Waals surface area contributed by atoms with E-state index in [2.05, 4.69) is 5.32 Å². The molecule has 0 atom stereocenters. The highest BCUT2D eigenvalue weighted by molar-refractivity contribution is 7.18. The van der Waals surface area contributed by atoms with Crippen LogP contribution in [0.4, 0.5) is 5.00 Å². The van der Waals surface area contributed by atoms with E-state index in [0.29, 0.717) is 10.4 Å². The third kappa shape index (κ3) is 6.63. The van der Waals surface area contributed by atoms with Gasteiger partial charge in [0.05, 0.1) is 23.5 Å². The number of hydrogen-bond acceptors (Lipinski definition) is 7. The topological polar surface area (TPSA) is 102 Å². The van der Waals surface area contributed by atoms with E-state index in [-0.39, 0.29) is 34.9 Å². The average Bonchev–Trinajstić information content (AvgIpc) is 2.87. The van der Waals surface area contributed by atoms with E-state index in [1.165, 1.54) is 4.90 Å². The largest absolute Gasteiger partial charge is 0.462 e. The number of hydrogen-bond donors (Lipinski definition) is 1. The lowest BCUT2D eigenvalue weighted by molar-refractivity contribution is -0.149. The number of amides is 2. The molecule has 0 saturated carbocycles. The molecule has 1 aromatic rings. The van der Waals surface area contributed by atoms with Gasteiger partial charge < -0.3 is 19.7 Å². The van der Waals surface area contributed by atoms with Gasteiger partial charge in [0.1, 0.15) is 5.00 Å². The average molecular weight is 413 g/mol. The van der Waals surface area contributed by atoms with Crippen LogP contribution in [0.15, 0.2) is 0 Å². The lowest BCUT2D eigenvalue weighted by Crippen LogP contribution is -2.23. The number of ether oxygens (including phenoxy) is 2. The van der Waals surface area contributed by atoms with Gasteiger partial charge in [-0.15, -0.1) is 11.3 Å². The number of carbonyl (C=O) groups is 4. The second-order valence-electron chi connectivity index (χ2n) is 7.63. The lowest BCUT2D eigenvalue weighted by atomic mass is 9.93. The summed E-state index contributed by atoms with van der Waals surface area (Å²) in [4.78, 5) is 50.4. The maximum atomic E-state index is 12.3. The highest BCUT2D eigenvalue weighted by atomic mass is 32.1. The second-order valence-corrected chi connectivity index (χ2v) is 8.65. The Kier molecular flexibility index (Phi) is 8.16. The molecule has 0 unspecified atom stereocenters. The number of thiophene rings is 1. The van der Waals surface area contributed by atoms with Crippen molar-refractivity contribution in [2.75, 3.05) is 32.6 Å². The minimum atomic E-state index is -0.630. The monoisotopic (exact) mass is 412 g/mol. The van der Waals surface area contributed by atoms with Crippen LogP contribution in [0.25, 0.3) is 0 Å². The molecule has 9 heteroatoms. The molecule has 0 aliphatic rings. The van der Waals surface area contributed by atoms with Gasteiger partial charge in [0, 0.05) is 14.1 Å². The van der Waals surface area contributed by atoms with Crippen molar-refractivity contribution in [3.63, 3.8) is 0 Å². The van der Waals surface area contributed by atoms with Crippen molar-refractivity contribution < 1.29 is 28.7 Å². The fraction of sp³-hybridized carbons (Fsp3) is 0.579. The SMILES string of the molecule is CCOC(=O)c1c(NC(=O)COC(=O)CC(C)(C)C)sc(C(=O)N(C)C)c1C. The molecule has 1 aromatic heterocycles. The first kappa shape index (κ1) is 23.6. The zero-order chi connectivity index (χ0) is 21.6. The van der Waals surface area contributed by atoms with Crippen LogP contribution in [0.2, 0.25) is 0 Å². The van der Waals surface area contributed by atoms with Gasteiger partial charge in [0.15, 0.2) is 6.61 Å². The molecular weight excluding hydrogens is 384 g/mol. The summed E-state index contributed by atoms with van der Waals surface area (Å²) in [6, 6.07) is 0. The normalized spacial score (nSPS) is 11.0. The maximum absolute atomic E-state index is 12.3. The molecule has 0 saturated heterocycles. The Morgan fingerprint density at radius 1 is 1.11 bits per heavy atom. The van der Waals surface area contributed by atoms with Gasteiger partial charge in [-0.1, -0.05) is 20.8 Å². The van der Waals surface area contributed by atoms with Gasteiger partial charge in [0.25, 0.3) is 11.8 Å². The number of rotatable bonds is 7. The Morgan fingerprint density at radius 3 is 2.21 bits per heavy atom. The van der Waals surface area contributed by atoms with Crippen molar-refractivity contribution in [1.82, 2.24) is 4.90 Å². The van der Waals surface area contributed by atoms with E-state index in [1.54, 1.807) is 27.9 Å². The van der Waals surface area contributed by atoms with Crippen molar-refractivity contribution in [2.45, 2.75) is 41.0 Å². The quantitative estimate of drug-likeness (QED) is 0.691. The van der Waals surface area contributed by atoms with Crippen molar-refractivity contribution in [1.29, 1.82) is 0 Å². The number of nitrogens with one attached hydrogen (secondary N) is 1. The van der Waals surface area contributed by atoms with Gasteiger partial charge in [0.2, 0.25) is 0 Å². The van der Waals surface area contributed by atoms with Crippen LogP contribution in [0.5, 0.6) is 0 Å². The minimum Gasteiger partial charge on any atom is -0.462 e. The molecular formula is C19H28N2O6S. The third-order valence-corrected chi connectivity index (χ3v) is 4.71. The lowest BCUT2D eigenvalue weighted by Gasteiger charge is -2.16. The van der Waals surface area contributed by atoms with E-state index in [9.17, 15) is 19.2 Å². The van der Waals surface area contributed by atoms with E-state index in [4.69, 9.17) is 9.47 Å². The molecule has 0 radical (unpaired) electrons. The standard InChI is InChI=1S/C19H28N2O6S/c1-8-26-18(25)14-11(2)15(17(24)21(6)7)28-16(14)20-12(22)10-27-13(23)9-19(3,4)5/h8-10H2,1-7H3,(H,20,22). The Labute approximate surface area is 169 Å². The van der Waals surface area contributed by atoms with Crippen LogP contribution >= 0.6 is 11.3 Å². The van der Waals surface area contributed by atoms with Crippen molar-refractivity contribution in [3.05, 3.63) is 16.0 Å². The van der Waals surface area contributed by atoms with Gasteiger partial charge in [-0.2, -0.15) is 0 Å². The first-order valence-electron chi connectivity index (χ1n) is 8.85. The number of esters is 2. The van der Waals surface area contributed by atoms with Crippen LogP contribution in [0.3, 0.4) is 0 Å². The van der Waals surface area contributed by atoms with Crippen molar-refractivity contribution in [2.24, 2.45) is 5.41 Å². The molecule has 156 valence electrons. The molecule has 0 fully saturated rings. The molecule has 0 aliphatic heterocycles. The number of nitrogens with zero attached hydrogens (tertiary/aromatic N) is 1. The number of carbonyl (C=O) groups excluding carboxylic acids is 4. The summed E-state index contributed by atoms with van der Waals surface area (Å²) in [6.45, 7) is 8.62. The summed E-state index contributed by atoms with van der Waals surface area (Å²) in [5.74, 6) is -2.00. The molecule has 8 nitrogen and oxygen atoms in total. The van der Waals surface area contributed by atoms with Crippen LogP contribution in [0.1, 0.15) is 59.7 Å². The molecule has 1 heterocycles. The molecule has 0 aliphatic carbocycles. The predicted octanol–water partition coefficient (Wildman–Crippen LogP) is 2.85. The van der Waals surface area contributed by atoms with Crippen LogP contribution in [-0.4, -0.2) is 56.0 Å². The Hall–Kier alpha value is -2.42. The molecule has 1 N–H and O–H groups in total. The van der Waals surface area contributed by atoms with Crippen molar-refractivity contribution in [3.8, 4) is 0 Å². The van der Waals surface area contributed by atoms with Crippen LogP contribution in [-0.2, 0) is 19.1 Å².